The molecule has 0 fully saturated rings. The van der Waals surface area contributed by atoms with Gasteiger partial charge >= 0.3 is 24.3 Å². The first-order valence-corrected chi connectivity index (χ1v) is 9.51. The lowest BCUT2D eigenvalue weighted by Gasteiger charge is -2.28. The summed E-state index contributed by atoms with van der Waals surface area (Å²) >= 11 is 0. The number of hydrogen-bond acceptors (Lipinski definition) is 6. The second-order valence-electron chi connectivity index (χ2n) is 7.09. The number of nitrogens with zero attached hydrogens (tertiary/aromatic N) is 5. The standard InChI is InChI=1S/C15H19N5O.2C2HF3O2/c1-18(2)15(21)13-9-17-14-11-19(6-7-20(13)14)10-12-4-3-5-16-8-12;2*3-2(4,5)1(6)7/h3-5,8-9H,6-7,10-11H2,1-2H3;2*(H,6,7). The Kier molecular flexibility index (Phi) is 10.2. The van der Waals surface area contributed by atoms with E-state index >= 15 is 0 Å². The van der Waals surface area contributed by atoms with Gasteiger partial charge in [-0.25, -0.2) is 14.6 Å². The van der Waals surface area contributed by atoms with Crippen LogP contribution in [0.25, 0.3) is 0 Å². The molecule has 2 aromatic rings. The molecule has 3 rings (SSSR count). The molecule has 1 aliphatic heterocycles. The van der Waals surface area contributed by atoms with Gasteiger partial charge in [-0.15, -0.1) is 0 Å². The van der Waals surface area contributed by atoms with Gasteiger partial charge in [0.15, 0.2) is 0 Å². The molecule has 0 atom stereocenters. The van der Waals surface area contributed by atoms with Gasteiger partial charge in [-0.3, -0.25) is 14.7 Å². The van der Waals surface area contributed by atoms with Gasteiger partial charge in [-0.2, -0.15) is 26.3 Å². The van der Waals surface area contributed by atoms with Crippen molar-refractivity contribution >= 4 is 17.8 Å². The first-order chi connectivity index (χ1) is 16.0. The van der Waals surface area contributed by atoms with Crippen LogP contribution in [0.1, 0.15) is 21.9 Å². The largest absolute Gasteiger partial charge is 0.490 e. The maximum absolute atomic E-state index is 12.1. The lowest BCUT2D eigenvalue weighted by Crippen LogP contribution is -2.35. The van der Waals surface area contributed by atoms with E-state index in [1.54, 1.807) is 31.4 Å². The summed E-state index contributed by atoms with van der Waals surface area (Å²) in [4.78, 5) is 42.4. The first-order valence-electron chi connectivity index (χ1n) is 9.51. The van der Waals surface area contributed by atoms with Crippen LogP contribution in [0, 0.1) is 0 Å². The Bertz CT molecular complexity index is 984. The monoisotopic (exact) mass is 513 g/mol. The summed E-state index contributed by atoms with van der Waals surface area (Å²) in [5.41, 5.74) is 1.87. The molecule has 2 N–H and O–H groups in total. The Hall–Kier alpha value is -3.69. The highest BCUT2D eigenvalue weighted by Crippen LogP contribution is 2.17. The zero-order chi connectivity index (χ0) is 27.0. The van der Waals surface area contributed by atoms with Crippen LogP contribution < -0.4 is 0 Å². The summed E-state index contributed by atoms with van der Waals surface area (Å²) in [5.74, 6) is -4.55. The van der Waals surface area contributed by atoms with Crippen molar-refractivity contribution in [1.82, 2.24) is 24.3 Å². The van der Waals surface area contributed by atoms with Crippen molar-refractivity contribution in [1.29, 1.82) is 0 Å². The zero-order valence-corrected chi connectivity index (χ0v) is 18.3. The third-order valence-electron chi connectivity index (χ3n) is 4.18. The van der Waals surface area contributed by atoms with Crippen molar-refractivity contribution in [3.8, 4) is 0 Å². The number of rotatable bonds is 3. The number of aromatic nitrogens is 3. The molecule has 3 heterocycles. The lowest BCUT2D eigenvalue weighted by molar-refractivity contribution is -0.193. The highest BCUT2D eigenvalue weighted by molar-refractivity contribution is 5.92. The van der Waals surface area contributed by atoms with Crippen LogP contribution in [0.5, 0.6) is 0 Å². The molecule has 35 heavy (non-hydrogen) atoms. The molecule has 1 amide bonds. The van der Waals surface area contributed by atoms with Crippen molar-refractivity contribution < 1.29 is 50.9 Å². The fraction of sp³-hybridized carbons (Fsp3) is 0.421. The molecule has 10 nitrogen and oxygen atoms in total. The lowest BCUT2D eigenvalue weighted by atomic mass is 10.2. The molecule has 0 bridgehead atoms. The molecule has 0 aromatic carbocycles. The molecule has 0 spiro atoms. The van der Waals surface area contributed by atoms with E-state index in [0.29, 0.717) is 5.69 Å². The van der Waals surface area contributed by atoms with Crippen LogP contribution in [0.15, 0.2) is 30.7 Å². The van der Waals surface area contributed by atoms with Gasteiger partial charge in [0.05, 0.1) is 12.7 Å². The molecule has 0 aliphatic carbocycles. The second kappa shape index (κ2) is 12.1. The molecule has 194 valence electrons. The minimum absolute atomic E-state index is 0.00876. The van der Waals surface area contributed by atoms with E-state index in [1.165, 1.54) is 5.56 Å². The third-order valence-corrected chi connectivity index (χ3v) is 4.18. The minimum Gasteiger partial charge on any atom is -0.475 e. The van der Waals surface area contributed by atoms with Crippen molar-refractivity contribution in [3.05, 3.63) is 47.8 Å². The third kappa shape index (κ3) is 9.60. The number of carbonyl (C=O) groups is 3. The van der Waals surface area contributed by atoms with E-state index in [4.69, 9.17) is 19.8 Å². The van der Waals surface area contributed by atoms with Crippen molar-refractivity contribution in [2.75, 3.05) is 20.6 Å². The maximum Gasteiger partial charge on any atom is 0.490 e. The molecular weight excluding hydrogens is 492 g/mol. The van der Waals surface area contributed by atoms with E-state index in [9.17, 15) is 31.1 Å². The number of amides is 1. The maximum atomic E-state index is 12.1. The SMILES string of the molecule is CN(C)C(=O)c1cnc2n1CCN(Cc1cccnc1)C2.O=C(O)C(F)(F)F.O=C(O)C(F)(F)F. The van der Waals surface area contributed by atoms with E-state index < -0.39 is 24.3 Å². The number of halogens is 6. The molecule has 0 saturated carbocycles. The van der Waals surface area contributed by atoms with E-state index in [0.717, 1.165) is 32.0 Å². The van der Waals surface area contributed by atoms with Gasteiger partial charge in [0.2, 0.25) is 0 Å². The van der Waals surface area contributed by atoms with E-state index in [1.807, 2.05) is 16.8 Å². The number of fused-ring (bicyclic) bond motifs is 1. The van der Waals surface area contributed by atoms with E-state index in [2.05, 4.69) is 20.9 Å². The normalized spacial score (nSPS) is 13.4. The first kappa shape index (κ1) is 29.3. The quantitative estimate of drug-likeness (QED) is 0.599. The fourth-order valence-electron chi connectivity index (χ4n) is 2.59. The molecular formula is C19H21F6N5O5. The number of hydrogen-bond donors (Lipinski definition) is 2. The Morgan fingerprint density at radius 2 is 1.54 bits per heavy atom. The number of carboxylic acid groups (broad SMARTS) is 2. The molecule has 0 unspecified atom stereocenters. The number of carboxylic acids is 2. The van der Waals surface area contributed by atoms with Gasteiger partial charge in [0.25, 0.3) is 5.91 Å². The topological polar surface area (TPSA) is 129 Å². The molecule has 0 saturated heterocycles. The smallest absolute Gasteiger partial charge is 0.475 e. The number of carbonyl (C=O) groups excluding carboxylic acids is 1. The van der Waals surface area contributed by atoms with Crippen molar-refractivity contribution in [3.63, 3.8) is 0 Å². The highest BCUT2D eigenvalue weighted by Gasteiger charge is 2.38. The average Bonchev–Trinajstić information content (AvgIpc) is 3.16. The summed E-state index contributed by atoms with van der Waals surface area (Å²) < 4.78 is 65.5. The molecule has 1 aliphatic rings. The zero-order valence-electron chi connectivity index (χ0n) is 18.3. The summed E-state index contributed by atoms with van der Waals surface area (Å²) in [7, 11) is 3.53. The van der Waals surface area contributed by atoms with Crippen LogP contribution in [-0.4, -0.2) is 85.4 Å². The number of aliphatic carboxylic acids is 2. The Morgan fingerprint density at radius 1 is 1.00 bits per heavy atom. The van der Waals surface area contributed by atoms with Crippen LogP contribution in [-0.2, 0) is 29.2 Å². The van der Waals surface area contributed by atoms with Gasteiger partial charge in [-0.1, -0.05) is 6.07 Å². The van der Waals surface area contributed by atoms with Gasteiger partial charge in [0.1, 0.15) is 11.5 Å². The Labute approximate surface area is 194 Å². The van der Waals surface area contributed by atoms with Crippen LogP contribution in [0.4, 0.5) is 26.3 Å². The number of alkyl halides is 6. The summed E-state index contributed by atoms with van der Waals surface area (Å²) in [6.07, 6.45) is -4.81. The fourth-order valence-corrected chi connectivity index (χ4v) is 2.59. The molecule has 0 radical (unpaired) electrons. The van der Waals surface area contributed by atoms with Gasteiger partial charge < -0.3 is 19.7 Å². The molecule has 2 aromatic heterocycles. The Morgan fingerprint density at radius 3 is 1.97 bits per heavy atom. The second-order valence-corrected chi connectivity index (χ2v) is 7.09. The summed E-state index contributed by atoms with van der Waals surface area (Å²) in [6, 6.07) is 4.03. The highest BCUT2D eigenvalue weighted by atomic mass is 19.4. The average molecular weight is 513 g/mol. The molecule has 16 heteroatoms. The van der Waals surface area contributed by atoms with Gasteiger partial charge in [0, 0.05) is 46.1 Å². The predicted octanol–water partition coefficient (Wildman–Crippen LogP) is 2.26. The number of pyridine rings is 1. The van der Waals surface area contributed by atoms with Gasteiger partial charge in [-0.05, 0) is 11.6 Å². The summed E-state index contributed by atoms with van der Waals surface area (Å²) in [5, 5.41) is 14.2. The Balaban J connectivity index is 0.000000362. The summed E-state index contributed by atoms with van der Waals surface area (Å²) in [6.45, 7) is 3.32. The minimum atomic E-state index is -5.08. The number of imidazole rings is 1. The van der Waals surface area contributed by atoms with E-state index in [-0.39, 0.29) is 5.91 Å². The van der Waals surface area contributed by atoms with Crippen molar-refractivity contribution in [2.45, 2.75) is 32.0 Å². The van der Waals surface area contributed by atoms with Crippen LogP contribution in [0.3, 0.4) is 0 Å². The van der Waals surface area contributed by atoms with Crippen molar-refractivity contribution in [2.24, 2.45) is 0 Å². The predicted molar refractivity (Wildman–Crippen MR) is 106 cm³/mol. The van der Waals surface area contributed by atoms with Crippen LogP contribution >= 0.6 is 0 Å². The van der Waals surface area contributed by atoms with Crippen LogP contribution in [0.2, 0.25) is 0 Å².